The maximum atomic E-state index is 10.7. The molecule has 0 bridgehead atoms. The standard InChI is InChI=1S/C6H7O9P/c7-3(8)1-6(5(11)12,2-4(9)10)15-16(13)14/h1-2H2,(H3-,7,8,9,10,11,12,13,14)/p+1. The normalized spacial score (nSPS) is 11.9. The van der Waals surface area contributed by atoms with E-state index in [9.17, 15) is 18.9 Å². The molecule has 0 spiro atoms. The van der Waals surface area contributed by atoms with Gasteiger partial charge >= 0.3 is 26.2 Å². The molecule has 9 nitrogen and oxygen atoms in total. The summed E-state index contributed by atoms with van der Waals surface area (Å²) in [6, 6.07) is 0. The average Bonchev–Trinajstić information content (AvgIpc) is 1.98. The van der Waals surface area contributed by atoms with Crippen LogP contribution in [0.1, 0.15) is 12.8 Å². The molecule has 0 aromatic carbocycles. The first-order chi connectivity index (χ1) is 7.19. The van der Waals surface area contributed by atoms with Gasteiger partial charge in [0.15, 0.2) is 0 Å². The first-order valence-corrected chi connectivity index (χ1v) is 4.85. The highest BCUT2D eigenvalue weighted by atomic mass is 31.1. The molecule has 1 atom stereocenters. The molecule has 0 aliphatic rings. The zero-order valence-electron chi connectivity index (χ0n) is 7.69. The molecule has 1 unspecified atom stereocenters. The van der Waals surface area contributed by atoms with Gasteiger partial charge < -0.3 is 15.3 Å². The quantitative estimate of drug-likeness (QED) is 0.436. The Morgan fingerprint density at radius 2 is 1.44 bits per heavy atom. The highest BCUT2D eigenvalue weighted by Crippen LogP contribution is 2.32. The van der Waals surface area contributed by atoms with Crippen LogP contribution in [0.5, 0.6) is 0 Å². The zero-order valence-corrected chi connectivity index (χ0v) is 8.59. The van der Waals surface area contributed by atoms with Crippen LogP contribution in [0.3, 0.4) is 0 Å². The number of hydrogen-bond donors (Lipinski definition) is 4. The van der Waals surface area contributed by atoms with Crippen molar-refractivity contribution in [3.8, 4) is 0 Å². The van der Waals surface area contributed by atoms with Crippen molar-refractivity contribution in [2.24, 2.45) is 0 Å². The van der Waals surface area contributed by atoms with Gasteiger partial charge in [-0.1, -0.05) is 4.52 Å². The van der Waals surface area contributed by atoms with E-state index in [1.54, 1.807) is 0 Å². The molecule has 10 heteroatoms. The molecule has 90 valence electrons. The molecule has 0 aromatic heterocycles. The summed E-state index contributed by atoms with van der Waals surface area (Å²) in [6.07, 6.45) is -2.48. The van der Waals surface area contributed by atoms with Crippen LogP contribution in [0.15, 0.2) is 0 Å². The Bertz CT molecular complexity index is 294. The van der Waals surface area contributed by atoms with Crippen LogP contribution in [-0.2, 0) is 23.5 Å². The first-order valence-electron chi connectivity index (χ1n) is 3.72. The SMILES string of the molecule is O=C(O)CC(CC(=O)O)(O[P+](=O)O)C(=O)O. The van der Waals surface area contributed by atoms with Gasteiger partial charge in [0, 0.05) is 4.57 Å². The highest BCUT2D eigenvalue weighted by molar-refractivity contribution is 7.32. The zero-order chi connectivity index (χ0) is 12.9. The monoisotopic (exact) mass is 255 g/mol. The molecule has 0 radical (unpaired) electrons. The maximum Gasteiger partial charge on any atom is 0.695 e. The van der Waals surface area contributed by atoms with Crippen LogP contribution in [-0.4, -0.2) is 43.7 Å². The second kappa shape index (κ2) is 5.50. The van der Waals surface area contributed by atoms with E-state index >= 15 is 0 Å². The molecular formula is C6H8O9P+. The Kier molecular flexibility index (Phi) is 4.96. The van der Waals surface area contributed by atoms with Crippen molar-refractivity contribution in [1.82, 2.24) is 0 Å². The first kappa shape index (κ1) is 14.4. The fourth-order valence-corrected chi connectivity index (χ4v) is 1.46. The van der Waals surface area contributed by atoms with Crippen molar-refractivity contribution in [2.45, 2.75) is 18.4 Å². The fourth-order valence-electron chi connectivity index (χ4n) is 0.955. The summed E-state index contributed by atoms with van der Waals surface area (Å²) < 4.78 is 14.4. The molecule has 0 rings (SSSR count). The van der Waals surface area contributed by atoms with E-state index in [0.29, 0.717) is 0 Å². The minimum Gasteiger partial charge on any atom is -0.481 e. The largest absolute Gasteiger partial charge is 0.695 e. The van der Waals surface area contributed by atoms with E-state index in [2.05, 4.69) is 4.52 Å². The van der Waals surface area contributed by atoms with Crippen molar-refractivity contribution in [3.63, 3.8) is 0 Å². The summed E-state index contributed by atoms with van der Waals surface area (Å²) >= 11 is 0. The minimum absolute atomic E-state index is 1.24. The van der Waals surface area contributed by atoms with Gasteiger partial charge in [-0.05, 0) is 0 Å². The van der Waals surface area contributed by atoms with E-state index in [-0.39, 0.29) is 0 Å². The van der Waals surface area contributed by atoms with Gasteiger partial charge in [0.2, 0.25) is 5.60 Å². The van der Waals surface area contributed by atoms with Gasteiger partial charge in [0.05, 0.1) is 12.8 Å². The molecule has 0 saturated heterocycles. The molecule has 0 fully saturated rings. The van der Waals surface area contributed by atoms with Crippen LogP contribution in [0.4, 0.5) is 0 Å². The Morgan fingerprint density at radius 3 is 1.62 bits per heavy atom. The highest BCUT2D eigenvalue weighted by Gasteiger charge is 2.51. The Balaban J connectivity index is 5.19. The number of hydrogen-bond acceptors (Lipinski definition) is 5. The summed E-state index contributed by atoms with van der Waals surface area (Å²) in [5.74, 6) is -5.27. The molecule has 0 heterocycles. The fraction of sp³-hybridized carbons (Fsp3) is 0.500. The molecule has 0 aliphatic heterocycles. The van der Waals surface area contributed by atoms with Crippen molar-refractivity contribution in [3.05, 3.63) is 0 Å². The second-order valence-electron chi connectivity index (χ2n) is 2.77. The lowest BCUT2D eigenvalue weighted by Crippen LogP contribution is -2.44. The summed E-state index contributed by atoms with van der Waals surface area (Å²) in [4.78, 5) is 39.9. The van der Waals surface area contributed by atoms with Crippen LogP contribution >= 0.6 is 8.25 Å². The molecule has 0 aliphatic carbocycles. The molecule has 0 saturated carbocycles. The van der Waals surface area contributed by atoms with Gasteiger partial charge in [-0.15, -0.1) is 4.89 Å². The lowest BCUT2D eigenvalue weighted by atomic mass is 9.96. The molecule has 0 aromatic rings. The van der Waals surface area contributed by atoms with Crippen molar-refractivity contribution in [2.75, 3.05) is 0 Å². The van der Waals surface area contributed by atoms with Gasteiger partial charge in [-0.25, -0.2) is 4.79 Å². The third-order valence-electron chi connectivity index (χ3n) is 1.52. The van der Waals surface area contributed by atoms with Gasteiger partial charge in [0.1, 0.15) is 0 Å². The molecule has 0 amide bonds. The number of rotatable bonds is 7. The summed E-state index contributed by atoms with van der Waals surface area (Å²) in [7, 11) is -3.44. The van der Waals surface area contributed by atoms with Gasteiger partial charge in [-0.2, -0.15) is 0 Å². The Labute approximate surface area is 89.2 Å². The van der Waals surface area contributed by atoms with Crippen LogP contribution in [0.2, 0.25) is 0 Å². The third kappa shape index (κ3) is 4.30. The average molecular weight is 255 g/mol. The van der Waals surface area contributed by atoms with Gasteiger partial charge in [-0.3, -0.25) is 9.59 Å². The van der Waals surface area contributed by atoms with Crippen molar-refractivity contribution >= 4 is 26.2 Å². The predicted molar refractivity (Wildman–Crippen MR) is 45.8 cm³/mol. The Hall–Kier alpha value is -1.57. The Morgan fingerprint density at radius 1 is 1.06 bits per heavy atom. The topological polar surface area (TPSA) is 158 Å². The van der Waals surface area contributed by atoms with E-state index in [0.717, 1.165) is 0 Å². The summed E-state index contributed by atoms with van der Waals surface area (Å²) in [6.45, 7) is 0. The second-order valence-corrected chi connectivity index (χ2v) is 3.43. The van der Waals surface area contributed by atoms with Crippen molar-refractivity contribution in [1.29, 1.82) is 0 Å². The van der Waals surface area contributed by atoms with E-state index in [4.69, 9.17) is 20.2 Å². The summed E-state index contributed by atoms with van der Waals surface area (Å²) in [5.41, 5.74) is -2.75. The van der Waals surface area contributed by atoms with Crippen LogP contribution < -0.4 is 0 Å². The smallest absolute Gasteiger partial charge is 0.481 e. The lowest BCUT2D eigenvalue weighted by molar-refractivity contribution is -0.167. The lowest BCUT2D eigenvalue weighted by Gasteiger charge is -2.18. The molecule has 16 heavy (non-hydrogen) atoms. The number of aliphatic carboxylic acids is 3. The summed E-state index contributed by atoms with van der Waals surface area (Å²) in [5, 5.41) is 25.5. The van der Waals surface area contributed by atoms with E-state index in [1.165, 1.54) is 0 Å². The van der Waals surface area contributed by atoms with Crippen LogP contribution in [0.25, 0.3) is 0 Å². The number of carboxylic acid groups (broad SMARTS) is 3. The molecular weight excluding hydrogens is 247 g/mol. The van der Waals surface area contributed by atoms with E-state index < -0.39 is 44.6 Å². The van der Waals surface area contributed by atoms with Gasteiger partial charge in [0.25, 0.3) is 0 Å². The maximum absolute atomic E-state index is 10.7. The number of carboxylic acids is 3. The molecule has 4 N–H and O–H groups in total. The van der Waals surface area contributed by atoms with Crippen molar-refractivity contribution < 1.29 is 43.7 Å². The third-order valence-corrected chi connectivity index (χ3v) is 2.02. The predicted octanol–water partition coefficient (Wildman–Crippen LogP) is -0.575. The van der Waals surface area contributed by atoms with E-state index in [1.807, 2.05) is 0 Å². The number of carbonyl (C=O) groups is 3. The van der Waals surface area contributed by atoms with Crippen LogP contribution in [0, 0.1) is 0 Å². The minimum atomic E-state index is -3.44.